The molecule has 2 aromatic rings. The van der Waals surface area contributed by atoms with Gasteiger partial charge in [0, 0.05) is 12.4 Å². The second-order valence-electron chi connectivity index (χ2n) is 8.05. The Kier molecular flexibility index (Phi) is 5.81. The van der Waals surface area contributed by atoms with Crippen LogP contribution in [-0.2, 0) is 14.6 Å². The molecule has 1 N–H and O–H groups in total. The van der Waals surface area contributed by atoms with Crippen LogP contribution in [-0.4, -0.2) is 41.9 Å². The minimum atomic E-state index is -3.33. The monoisotopic (exact) mass is 435 g/mol. The third-order valence-electron chi connectivity index (χ3n) is 5.78. The number of amides is 1. The Morgan fingerprint density at radius 1 is 1.10 bits per heavy atom. The number of nitrogens with one attached hydrogen (secondary N) is 1. The van der Waals surface area contributed by atoms with E-state index < -0.39 is 28.1 Å². The molecule has 2 saturated carbocycles. The second kappa shape index (κ2) is 8.37. The smallest absolute Gasteiger partial charge is 0.233 e. The molecule has 4 atom stereocenters. The van der Waals surface area contributed by atoms with E-state index in [0.29, 0.717) is 18.4 Å². The summed E-state index contributed by atoms with van der Waals surface area (Å²) in [5.41, 5.74) is 0.601. The van der Waals surface area contributed by atoms with Crippen LogP contribution < -0.4 is 5.32 Å². The predicted molar refractivity (Wildman–Crippen MR) is 107 cm³/mol. The zero-order valence-electron chi connectivity index (χ0n) is 16.2. The first-order valence-corrected chi connectivity index (χ1v) is 11.6. The Bertz CT molecular complexity index is 988. The lowest BCUT2D eigenvalue weighted by Gasteiger charge is -2.20. The number of halogens is 2. The minimum absolute atomic E-state index is 0.0736. The molecule has 0 aliphatic heterocycles. The van der Waals surface area contributed by atoms with Gasteiger partial charge < -0.3 is 5.32 Å². The highest BCUT2D eigenvalue weighted by molar-refractivity contribution is 7.92. The lowest BCUT2D eigenvalue weighted by molar-refractivity contribution is -0.118. The van der Waals surface area contributed by atoms with Crippen LogP contribution in [0.5, 0.6) is 0 Å². The molecule has 0 saturated heterocycles. The molecule has 0 radical (unpaired) electrons. The molecule has 2 unspecified atom stereocenters. The van der Waals surface area contributed by atoms with Gasteiger partial charge in [0.25, 0.3) is 0 Å². The number of hydrogen-bond acceptors (Lipinski definition) is 5. The predicted octanol–water partition coefficient (Wildman–Crippen LogP) is 3.61. The summed E-state index contributed by atoms with van der Waals surface area (Å²) in [5.74, 6) is -1.06. The SMILES string of the molecule is O=C(Nc1cnccn1)C(CC1C[C@@H](F)[C@@H](F)C1)c1ccc(S(=O)(=O)C2CC2)cc1. The van der Waals surface area contributed by atoms with Crippen molar-refractivity contribution in [3.05, 3.63) is 48.4 Å². The van der Waals surface area contributed by atoms with E-state index >= 15 is 0 Å². The number of anilines is 1. The number of aromatic nitrogens is 2. The third-order valence-corrected chi connectivity index (χ3v) is 8.06. The van der Waals surface area contributed by atoms with E-state index in [-0.39, 0.29) is 47.1 Å². The summed E-state index contributed by atoms with van der Waals surface area (Å²) in [6, 6.07) is 6.25. The number of sulfone groups is 1. The van der Waals surface area contributed by atoms with E-state index in [1.54, 1.807) is 12.1 Å². The first-order valence-electron chi connectivity index (χ1n) is 10.0. The van der Waals surface area contributed by atoms with Gasteiger partial charge in [0.05, 0.1) is 22.3 Å². The Labute approximate surface area is 174 Å². The van der Waals surface area contributed by atoms with Crippen molar-refractivity contribution >= 4 is 21.6 Å². The van der Waals surface area contributed by atoms with E-state index in [4.69, 9.17) is 0 Å². The fraction of sp³-hybridized carbons (Fsp3) is 0.476. The molecular weight excluding hydrogens is 412 g/mol. The molecule has 160 valence electrons. The van der Waals surface area contributed by atoms with Gasteiger partial charge in [-0.1, -0.05) is 12.1 Å². The van der Waals surface area contributed by atoms with Crippen molar-refractivity contribution in [3.8, 4) is 0 Å². The molecule has 6 nitrogen and oxygen atoms in total. The standard InChI is InChI=1S/C21H23F2N3O3S/c22-18-10-13(11-19(18)23)9-17(21(27)26-20-12-24-7-8-25-20)14-1-3-15(4-2-14)30(28,29)16-5-6-16/h1-4,7-8,12-13,16-19H,5-6,9-11H2,(H,25,26,27)/t13?,17?,18-,19+. The molecule has 9 heteroatoms. The van der Waals surface area contributed by atoms with Gasteiger partial charge in [-0.2, -0.15) is 0 Å². The molecule has 0 spiro atoms. The highest BCUT2D eigenvalue weighted by Crippen LogP contribution is 2.39. The zero-order valence-corrected chi connectivity index (χ0v) is 17.1. The number of carbonyl (C=O) groups excluding carboxylic acids is 1. The van der Waals surface area contributed by atoms with Crippen LogP contribution >= 0.6 is 0 Å². The summed E-state index contributed by atoms with van der Waals surface area (Å²) in [4.78, 5) is 21.2. The van der Waals surface area contributed by atoms with Crippen LogP contribution in [0.1, 0.15) is 43.6 Å². The summed E-state index contributed by atoms with van der Waals surface area (Å²) in [5, 5.41) is 2.37. The number of benzene rings is 1. The molecule has 2 fully saturated rings. The molecule has 1 aromatic heterocycles. The Morgan fingerprint density at radius 2 is 1.77 bits per heavy atom. The molecule has 2 aliphatic carbocycles. The summed E-state index contributed by atoms with van der Waals surface area (Å²) >= 11 is 0. The largest absolute Gasteiger partial charge is 0.309 e. The van der Waals surface area contributed by atoms with Gasteiger partial charge in [0.1, 0.15) is 12.3 Å². The van der Waals surface area contributed by atoms with Crippen molar-refractivity contribution in [1.29, 1.82) is 0 Å². The first kappa shape index (κ1) is 20.8. The number of alkyl halides is 2. The Morgan fingerprint density at radius 3 is 2.33 bits per heavy atom. The van der Waals surface area contributed by atoms with Crippen molar-refractivity contribution < 1.29 is 22.0 Å². The average Bonchev–Trinajstić information content (AvgIpc) is 3.54. The lowest BCUT2D eigenvalue weighted by Crippen LogP contribution is -2.24. The van der Waals surface area contributed by atoms with Crippen LogP contribution in [0.15, 0.2) is 47.8 Å². The molecule has 2 aliphatic rings. The van der Waals surface area contributed by atoms with Crippen molar-refractivity contribution in [3.63, 3.8) is 0 Å². The maximum absolute atomic E-state index is 13.7. The van der Waals surface area contributed by atoms with Gasteiger partial charge in [0.2, 0.25) is 5.91 Å². The third kappa shape index (κ3) is 4.50. The van der Waals surface area contributed by atoms with E-state index in [1.165, 1.54) is 30.7 Å². The summed E-state index contributed by atoms with van der Waals surface area (Å²) in [6.45, 7) is 0. The van der Waals surface area contributed by atoms with E-state index in [2.05, 4.69) is 15.3 Å². The summed E-state index contributed by atoms with van der Waals surface area (Å²) in [7, 11) is -3.33. The maximum atomic E-state index is 13.7. The van der Waals surface area contributed by atoms with Gasteiger partial charge in [0.15, 0.2) is 15.7 Å². The van der Waals surface area contributed by atoms with Gasteiger partial charge in [-0.25, -0.2) is 22.2 Å². The van der Waals surface area contributed by atoms with Crippen molar-refractivity contribution in [1.82, 2.24) is 9.97 Å². The van der Waals surface area contributed by atoms with Crippen LogP contribution in [0.4, 0.5) is 14.6 Å². The topological polar surface area (TPSA) is 89.0 Å². The van der Waals surface area contributed by atoms with Gasteiger partial charge in [-0.15, -0.1) is 0 Å². The van der Waals surface area contributed by atoms with Gasteiger partial charge in [-0.05, 0) is 55.7 Å². The second-order valence-corrected chi connectivity index (χ2v) is 10.3. The first-order chi connectivity index (χ1) is 14.3. The molecule has 4 rings (SSSR count). The number of nitrogens with zero attached hydrogens (tertiary/aromatic N) is 2. The van der Waals surface area contributed by atoms with Crippen LogP contribution in [0.25, 0.3) is 0 Å². The highest BCUT2D eigenvalue weighted by Gasteiger charge is 2.38. The van der Waals surface area contributed by atoms with E-state index in [0.717, 1.165) is 0 Å². The van der Waals surface area contributed by atoms with Crippen LogP contribution in [0.2, 0.25) is 0 Å². The van der Waals surface area contributed by atoms with Crippen molar-refractivity contribution in [2.75, 3.05) is 5.32 Å². The fourth-order valence-corrected chi connectivity index (χ4v) is 5.64. The normalized spacial score (nSPS) is 25.1. The quantitative estimate of drug-likeness (QED) is 0.718. The Balaban J connectivity index is 1.56. The molecular formula is C21H23F2N3O3S. The van der Waals surface area contributed by atoms with Crippen molar-refractivity contribution in [2.24, 2.45) is 5.92 Å². The van der Waals surface area contributed by atoms with Crippen LogP contribution in [0.3, 0.4) is 0 Å². The minimum Gasteiger partial charge on any atom is -0.309 e. The molecule has 0 bridgehead atoms. The summed E-state index contributed by atoms with van der Waals surface area (Å²) in [6.07, 6.45) is 3.07. The zero-order chi connectivity index (χ0) is 21.3. The number of carbonyl (C=O) groups is 1. The van der Waals surface area contributed by atoms with Crippen molar-refractivity contribution in [2.45, 2.75) is 60.5 Å². The molecule has 30 heavy (non-hydrogen) atoms. The molecule has 1 heterocycles. The summed E-state index contributed by atoms with van der Waals surface area (Å²) < 4.78 is 52.2. The average molecular weight is 435 g/mol. The Hall–Kier alpha value is -2.42. The van der Waals surface area contributed by atoms with Crippen LogP contribution in [0, 0.1) is 5.92 Å². The van der Waals surface area contributed by atoms with Gasteiger partial charge >= 0.3 is 0 Å². The van der Waals surface area contributed by atoms with E-state index in [1.807, 2.05) is 0 Å². The molecule has 1 amide bonds. The highest BCUT2D eigenvalue weighted by atomic mass is 32.2. The number of rotatable bonds is 7. The number of hydrogen-bond donors (Lipinski definition) is 1. The van der Waals surface area contributed by atoms with E-state index in [9.17, 15) is 22.0 Å². The maximum Gasteiger partial charge on any atom is 0.233 e. The fourth-order valence-electron chi connectivity index (χ4n) is 3.99. The van der Waals surface area contributed by atoms with Gasteiger partial charge in [-0.3, -0.25) is 9.78 Å². The molecule has 1 aromatic carbocycles. The lowest BCUT2D eigenvalue weighted by atomic mass is 9.87.